The largest absolute Gasteiger partial charge is 0.364 e. The lowest BCUT2D eigenvalue weighted by Crippen LogP contribution is -2.34. The number of aromatic nitrogens is 2. The molecule has 0 amide bonds. The Morgan fingerprint density at radius 2 is 2.05 bits per heavy atom. The van der Waals surface area contributed by atoms with Gasteiger partial charge in [-0.3, -0.25) is 10.1 Å². The van der Waals surface area contributed by atoms with E-state index in [9.17, 15) is 10.1 Å². The van der Waals surface area contributed by atoms with Crippen molar-refractivity contribution in [3.63, 3.8) is 0 Å². The lowest BCUT2D eigenvalue weighted by molar-refractivity contribution is -0.384. The topological polar surface area (TPSA) is 96.2 Å². The van der Waals surface area contributed by atoms with Crippen LogP contribution >= 0.6 is 0 Å². The molecule has 0 aliphatic carbocycles. The van der Waals surface area contributed by atoms with E-state index in [2.05, 4.69) is 39.3 Å². The van der Waals surface area contributed by atoms with E-state index < -0.39 is 4.92 Å². The van der Waals surface area contributed by atoms with E-state index in [0.29, 0.717) is 19.0 Å². The molecule has 0 radical (unpaired) electrons. The summed E-state index contributed by atoms with van der Waals surface area (Å²) in [6, 6.07) is 0. The summed E-state index contributed by atoms with van der Waals surface area (Å²) in [5.74, 6) is 0.633. The van der Waals surface area contributed by atoms with Crippen LogP contribution in [0.5, 0.6) is 0 Å². The Balaban J connectivity index is 2.89. The summed E-state index contributed by atoms with van der Waals surface area (Å²) in [7, 11) is 4.00. The van der Waals surface area contributed by atoms with Crippen molar-refractivity contribution in [2.24, 2.45) is 5.41 Å². The Kier molecular flexibility index (Phi) is 5.83. The van der Waals surface area contributed by atoms with E-state index in [1.54, 1.807) is 0 Å². The third kappa shape index (κ3) is 5.50. The van der Waals surface area contributed by atoms with Crippen LogP contribution in [-0.2, 0) is 0 Å². The predicted octanol–water partition coefficient (Wildman–Crippen LogP) is 1.82. The molecule has 0 bridgehead atoms. The van der Waals surface area contributed by atoms with E-state index in [1.807, 2.05) is 21.0 Å². The molecular formula is C13H24N6O2. The van der Waals surface area contributed by atoms with E-state index in [0.717, 1.165) is 6.54 Å². The highest BCUT2D eigenvalue weighted by Crippen LogP contribution is 2.24. The maximum absolute atomic E-state index is 11.1. The molecule has 0 fully saturated rings. The van der Waals surface area contributed by atoms with Gasteiger partial charge in [-0.2, -0.15) is 4.98 Å². The van der Waals surface area contributed by atoms with Crippen LogP contribution in [-0.4, -0.2) is 53.5 Å². The summed E-state index contributed by atoms with van der Waals surface area (Å²) in [4.78, 5) is 20.8. The second-order valence-corrected chi connectivity index (χ2v) is 5.97. The van der Waals surface area contributed by atoms with Gasteiger partial charge in [0.15, 0.2) is 0 Å². The van der Waals surface area contributed by atoms with E-state index >= 15 is 0 Å². The van der Waals surface area contributed by atoms with Crippen LogP contribution in [0.4, 0.5) is 17.5 Å². The van der Waals surface area contributed by atoms with Gasteiger partial charge < -0.3 is 15.5 Å². The molecule has 0 unspecified atom stereocenters. The van der Waals surface area contributed by atoms with Gasteiger partial charge in [0.05, 0.1) is 4.92 Å². The van der Waals surface area contributed by atoms with Crippen LogP contribution in [0.25, 0.3) is 0 Å². The Morgan fingerprint density at radius 3 is 2.57 bits per heavy atom. The number of nitrogens with one attached hydrogen (secondary N) is 2. The maximum atomic E-state index is 11.1. The van der Waals surface area contributed by atoms with Gasteiger partial charge in [0.2, 0.25) is 11.8 Å². The van der Waals surface area contributed by atoms with Crippen molar-refractivity contribution in [2.75, 3.05) is 44.4 Å². The summed E-state index contributed by atoms with van der Waals surface area (Å²) < 4.78 is 0. The van der Waals surface area contributed by atoms with E-state index in [4.69, 9.17) is 0 Å². The number of rotatable bonds is 8. The van der Waals surface area contributed by atoms with Gasteiger partial charge in [0.1, 0.15) is 6.20 Å². The van der Waals surface area contributed by atoms with E-state index in [1.165, 1.54) is 6.20 Å². The number of nitro groups is 1. The molecule has 1 aromatic heterocycles. The standard InChI is InChI=1S/C13H24N6O2/c1-6-14-12-15-7-10(19(20)21)11(17-12)16-8-13(2,3)9-18(4)5/h7H,6,8-9H2,1-5H3,(H2,14,15,16,17). The first-order valence-electron chi connectivity index (χ1n) is 6.89. The molecule has 1 aromatic rings. The molecule has 2 N–H and O–H groups in total. The molecular weight excluding hydrogens is 272 g/mol. The fourth-order valence-electron chi connectivity index (χ4n) is 2.12. The molecule has 118 valence electrons. The van der Waals surface area contributed by atoms with Gasteiger partial charge >= 0.3 is 5.69 Å². The van der Waals surface area contributed by atoms with Gasteiger partial charge in [-0.1, -0.05) is 13.8 Å². The van der Waals surface area contributed by atoms with Crippen molar-refractivity contribution in [2.45, 2.75) is 20.8 Å². The highest BCUT2D eigenvalue weighted by atomic mass is 16.6. The lowest BCUT2D eigenvalue weighted by Gasteiger charge is -2.28. The minimum absolute atomic E-state index is 0.0410. The molecule has 0 saturated carbocycles. The maximum Gasteiger partial charge on any atom is 0.329 e. The third-order valence-electron chi connectivity index (χ3n) is 2.78. The third-order valence-corrected chi connectivity index (χ3v) is 2.78. The van der Waals surface area contributed by atoms with Gasteiger partial charge in [-0.15, -0.1) is 0 Å². The van der Waals surface area contributed by atoms with Crippen LogP contribution in [0.15, 0.2) is 6.20 Å². The molecule has 21 heavy (non-hydrogen) atoms. The van der Waals surface area contributed by atoms with Crippen molar-refractivity contribution in [1.29, 1.82) is 0 Å². The van der Waals surface area contributed by atoms with Gasteiger partial charge in [0.25, 0.3) is 0 Å². The highest BCUT2D eigenvalue weighted by Gasteiger charge is 2.22. The second-order valence-electron chi connectivity index (χ2n) is 5.97. The molecule has 0 aromatic carbocycles. The summed E-state index contributed by atoms with van der Waals surface area (Å²) in [6.45, 7) is 8.20. The Bertz CT molecular complexity index is 490. The van der Waals surface area contributed by atoms with Crippen molar-refractivity contribution in [1.82, 2.24) is 14.9 Å². The van der Waals surface area contributed by atoms with Crippen molar-refractivity contribution in [3.8, 4) is 0 Å². The summed E-state index contributed by atoms with van der Waals surface area (Å²) in [5.41, 5.74) is -0.155. The minimum Gasteiger partial charge on any atom is -0.364 e. The zero-order valence-corrected chi connectivity index (χ0v) is 13.3. The zero-order valence-electron chi connectivity index (χ0n) is 13.3. The van der Waals surface area contributed by atoms with Crippen molar-refractivity contribution in [3.05, 3.63) is 16.3 Å². The van der Waals surface area contributed by atoms with Crippen LogP contribution < -0.4 is 10.6 Å². The number of hydrogen-bond acceptors (Lipinski definition) is 7. The SMILES string of the molecule is CCNc1ncc([N+](=O)[O-])c(NCC(C)(C)CN(C)C)n1. The molecule has 1 rings (SSSR count). The molecule has 0 spiro atoms. The van der Waals surface area contributed by atoms with Crippen LogP contribution in [0, 0.1) is 15.5 Å². The van der Waals surface area contributed by atoms with E-state index in [-0.39, 0.29) is 16.9 Å². The smallest absolute Gasteiger partial charge is 0.329 e. The molecule has 8 heteroatoms. The molecule has 0 saturated heterocycles. The Labute approximate surface area is 125 Å². The van der Waals surface area contributed by atoms with Gasteiger partial charge in [0, 0.05) is 19.6 Å². The molecule has 8 nitrogen and oxygen atoms in total. The summed E-state index contributed by atoms with van der Waals surface area (Å²) in [6.07, 6.45) is 1.23. The lowest BCUT2D eigenvalue weighted by atomic mass is 9.93. The first-order chi connectivity index (χ1) is 9.75. The number of anilines is 2. The average Bonchev–Trinajstić information content (AvgIpc) is 2.35. The summed E-state index contributed by atoms with van der Waals surface area (Å²) >= 11 is 0. The Hall–Kier alpha value is -1.96. The van der Waals surface area contributed by atoms with Gasteiger partial charge in [-0.25, -0.2) is 4.98 Å². The quantitative estimate of drug-likeness (QED) is 0.558. The minimum atomic E-state index is -0.475. The second kappa shape index (κ2) is 7.16. The average molecular weight is 296 g/mol. The first-order valence-corrected chi connectivity index (χ1v) is 6.89. The number of hydrogen-bond donors (Lipinski definition) is 2. The fourth-order valence-corrected chi connectivity index (χ4v) is 2.12. The van der Waals surface area contributed by atoms with Crippen LogP contribution in [0.1, 0.15) is 20.8 Å². The van der Waals surface area contributed by atoms with Crippen LogP contribution in [0.3, 0.4) is 0 Å². The highest BCUT2D eigenvalue weighted by molar-refractivity contribution is 5.57. The zero-order chi connectivity index (χ0) is 16.0. The molecule has 0 aliphatic heterocycles. The molecule has 1 heterocycles. The normalized spacial score (nSPS) is 11.5. The van der Waals surface area contributed by atoms with Crippen molar-refractivity contribution >= 4 is 17.5 Å². The first kappa shape index (κ1) is 17.1. The fraction of sp³-hybridized carbons (Fsp3) is 0.692. The number of nitrogens with zero attached hydrogens (tertiary/aromatic N) is 4. The predicted molar refractivity (Wildman–Crippen MR) is 83.7 cm³/mol. The van der Waals surface area contributed by atoms with Crippen molar-refractivity contribution < 1.29 is 4.92 Å². The molecule has 0 atom stereocenters. The Morgan fingerprint density at radius 1 is 1.38 bits per heavy atom. The van der Waals surface area contributed by atoms with Crippen LogP contribution in [0.2, 0.25) is 0 Å². The summed E-state index contributed by atoms with van der Waals surface area (Å²) in [5, 5.41) is 17.1. The monoisotopic (exact) mass is 296 g/mol. The molecule has 0 aliphatic rings. The van der Waals surface area contributed by atoms with Gasteiger partial charge in [-0.05, 0) is 26.4 Å².